The Labute approximate surface area is 218 Å². The topological polar surface area (TPSA) is 116 Å². The van der Waals surface area contributed by atoms with Gasteiger partial charge in [-0.15, -0.1) is 0 Å². The van der Waals surface area contributed by atoms with Gasteiger partial charge in [-0.1, -0.05) is 46.3 Å². The van der Waals surface area contributed by atoms with E-state index in [4.69, 9.17) is 14.2 Å². The van der Waals surface area contributed by atoms with Gasteiger partial charge in [-0.05, 0) is 55.6 Å². The van der Waals surface area contributed by atoms with Gasteiger partial charge in [0.2, 0.25) is 5.78 Å². The number of rotatable bonds is 7. The summed E-state index contributed by atoms with van der Waals surface area (Å²) in [6, 6.07) is 0. The molecule has 0 heterocycles. The van der Waals surface area contributed by atoms with Gasteiger partial charge >= 0.3 is 11.9 Å². The highest BCUT2D eigenvalue weighted by molar-refractivity contribution is 6.01. The SMILES string of the molecule is COCC(=O)O[C@]1(C(=O)COC(=O)C(C)C)CC[C@H]2[C@@H]3CC(C)C4=CC(=O)C=C[C@]4(C)[C@H]3C(O)C[C@@]21C. The average molecular weight is 517 g/mol. The molecule has 2 unspecified atom stereocenters. The third kappa shape index (κ3) is 4.30. The van der Waals surface area contributed by atoms with Crippen LogP contribution in [0.25, 0.3) is 0 Å². The Kier molecular flexibility index (Phi) is 7.32. The summed E-state index contributed by atoms with van der Waals surface area (Å²) in [5.74, 6) is -1.99. The van der Waals surface area contributed by atoms with Crippen molar-refractivity contribution in [3.8, 4) is 0 Å². The lowest BCUT2D eigenvalue weighted by atomic mass is 9.44. The zero-order valence-corrected chi connectivity index (χ0v) is 22.7. The second-order valence-corrected chi connectivity index (χ2v) is 12.2. The minimum absolute atomic E-state index is 0.00662. The minimum atomic E-state index is -1.53. The molecule has 0 aliphatic heterocycles. The van der Waals surface area contributed by atoms with Crippen LogP contribution in [0.5, 0.6) is 0 Å². The predicted molar refractivity (Wildman–Crippen MR) is 134 cm³/mol. The van der Waals surface area contributed by atoms with Crippen LogP contribution in [-0.2, 0) is 33.4 Å². The van der Waals surface area contributed by atoms with E-state index in [-0.39, 0.29) is 42.5 Å². The summed E-state index contributed by atoms with van der Waals surface area (Å²) in [5, 5.41) is 11.7. The van der Waals surface area contributed by atoms with Crippen LogP contribution in [0.2, 0.25) is 0 Å². The molecule has 4 aliphatic carbocycles. The van der Waals surface area contributed by atoms with Crippen molar-refractivity contribution in [1.29, 1.82) is 0 Å². The van der Waals surface area contributed by atoms with Crippen LogP contribution >= 0.6 is 0 Å². The summed E-state index contributed by atoms with van der Waals surface area (Å²) in [7, 11) is 1.38. The van der Waals surface area contributed by atoms with Crippen molar-refractivity contribution < 1.29 is 38.5 Å². The van der Waals surface area contributed by atoms with E-state index >= 15 is 0 Å². The van der Waals surface area contributed by atoms with E-state index in [0.717, 1.165) is 12.0 Å². The number of Topliss-reactive ketones (excluding diaryl/α,β-unsaturated/α-hetero) is 1. The van der Waals surface area contributed by atoms with Gasteiger partial charge in [-0.25, -0.2) is 4.79 Å². The number of ketones is 2. The van der Waals surface area contributed by atoms with E-state index in [1.807, 2.05) is 13.0 Å². The monoisotopic (exact) mass is 516 g/mol. The molecule has 0 radical (unpaired) electrons. The fourth-order valence-electron chi connectivity index (χ4n) is 8.18. The first kappa shape index (κ1) is 27.7. The second kappa shape index (κ2) is 9.77. The first-order chi connectivity index (χ1) is 17.3. The number of allylic oxidation sites excluding steroid dienone is 4. The van der Waals surface area contributed by atoms with Crippen molar-refractivity contribution in [3.63, 3.8) is 0 Å². The molecule has 0 saturated heterocycles. The van der Waals surface area contributed by atoms with Crippen molar-refractivity contribution in [2.45, 2.75) is 72.0 Å². The molecular weight excluding hydrogens is 476 g/mol. The van der Waals surface area contributed by atoms with Crippen LogP contribution in [0.4, 0.5) is 0 Å². The van der Waals surface area contributed by atoms with Crippen molar-refractivity contribution in [2.75, 3.05) is 20.3 Å². The van der Waals surface area contributed by atoms with Crippen molar-refractivity contribution in [1.82, 2.24) is 0 Å². The number of aliphatic hydroxyl groups is 1. The molecule has 0 aromatic rings. The van der Waals surface area contributed by atoms with Crippen LogP contribution in [0.3, 0.4) is 0 Å². The third-order valence-corrected chi connectivity index (χ3v) is 9.75. The number of aliphatic hydroxyl groups excluding tert-OH is 1. The Morgan fingerprint density at radius 2 is 1.89 bits per heavy atom. The zero-order valence-electron chi connectivity index (χ0n) is 22.7. The third-order valence-electron chi connectivity index (χ3n) is 9.75. The van der Waals surface area contributed by atoms with Crippen LogP contribution < -0.4 is 0 Å². The number of carbonyl (C=O) groups is 4. The predicted octanol–water partition coefficient (Wildman–Crippen LogP) is 3.21. The van der Waals surface area contributed by atoms with Gasteiger partial charge in [0.1, 0.15) is 6.61 Å². The summed E-state index contributed by atoms with van der Waals surface area (Å²) >= 11 is 0. The van der Waals surface area contributed by atoms with Gasteiger partial charge < -0.3 is 19.3 Å². The van der Waals surface area contributed by atoms with Crippen molar-refractivity contribution in [3.05, 3.63) is 23.8 Å². The van der Waals surface area contributed by atoms with E-state index < -0.39 is 52.8 Å². The molecule has 0 amide bonds. The Hall–Kier alpha value is -2.32. The summed E-state index contributed by atoms with van der Waals surface area (Å²) in [6.45, 7) is 8.72. The molecule has 4 rings (SSSR count). The smallest absolute Gasteiger partial charge is 0.333 e. The fraction of sp³-hybridized carbons (Fsp3) is 0.724. The molecule has 8 nitrogen and oxygen atoms in total. The maximum absolute atomic E-state index is 13.8. The first-order valence-corrected chi connectivity index (χ1v) is 13.3. The Morgan fingerprint density at radius 1 is 1.19 bits per heavy atom. The number of ether oxygens (including phenoxy) is 3. The summed E-state index contributed by atoms with van der Waals surface area (Å²) in [4.78, 5) is 50.9. The molecular formula is C29H40O8. The number of esters is 2. The van der Waals surface area contributed by atoms with Crippen LogP contribution in [-0.4, -0.2) is 60.6 Å². The largest absolute Gasteiger partial charge is 0.457 e. The number of fused-ring (bicyclic) bond motifs is 5. The molecule has 8 atom stereocenters. The molecule has 3 saturated carbocycles. The standard InChI is InChI=1S/C29H40O8/c1-16(2)26(34)36-14-23(32)29(37-24(33)15-35-6)10-8-20-19-11-17(3)21-12-18(30)7-9-27(21,4)25(19)22(31)13-28(20,29)5/h7,9,12,16-17,19-20,22,25,31H,8,10-11,13-15H2,1-6H3/t17?,19-,20-,22?,25+,27-,28-,29-/m0/s1. The molecule has 0 aromatic carbocycles. The molecule has 37 heavy (non-hydrogen) atoms. The number of methoxy groups -OCH3 is 1. The molecule has 0 spiro atoms. The highest BCUT2D eigenvalue weighted by Crippen LogP contribution is 2.68. The molecule has 0 aromatic heterocycles. The van der Waals surface area contributed by atoms with E-state index in [1.54, 1.807) is 26.0 Å². The molecule has 4 aliphatic rings. The lowest BCUT2D eigenvalue weighted by Gasteiger charge is -2.61. The number of carbonyl (C=O) groups excluding carboxylic acids is 4. The van der Waals surface area contributed by atoms with E-state index in [2.05, 4.69) is 13.8 Å². The maximum atomic E-state index is 13.8. The summed E-state index contributed by atoms with van der Waals surface area (Å²) < 4.78 is 16.3. The summed E-state index contributed by atoms with van der Waals surface area (Å²) in [6.07, 6.45) is 6.43. The van der Waals surface area contributed by atoms with Gasteiger partial charge in [-0.3, -0.25) is 14.4 Å². The van der Waals surface area contributed by atoms with Crippen LogP contribution in [0.1, 0.15) is 60.3 Å². The molecule has 3 fully saturated rings. The molecule has 8 heteroatoms. The lowest BCUT2D eigenvalue weighted by Crippen LogP contribution is -2.63. The van der Waals surface area contributed by atoms with E-state index in [0.29, 0.717) is 12.8 Å². The minimum Gasteiger partial charge on any atom is -0.457 e. The Bertz CT molecular complexity index is 1040. The van der Waals surface area contributed by atoms with Crippen molar-refractivity contribution >= 4 is 23.5 Å². The highest BCUT2D eigenvalue weighted by atomic mass is 16.6. The maximum Gasteiger partial charge on any atom is 0.333 e. The van der Waals surface area contributed by atoms with Gasteiger partial charge in [-0.2, -0.15) is 0 Å². The first-order valence-electron chi connectivity index (χ1n) is 13.3. The van der Waals surface area contributed by atoms with Crippen LogP contribution in [0.15, 0.2) is 23.8 Å². The number of hydrogen-bond acceptors (Lipinski definition) is 8. The fourth-order valence-corrected chi connectivity index (χ4v) is 8.18. The van der Waals surface area contributed by atoms with Gasteiger partial charge in [0.15, 0.2) is 18.0 Å². The van der Waals surface area contributed by atoms with Crippen LogP contribution in [0, 0.1) is 40.4 Å². The normalized spacial score (nSPS) is 40.4. The highest BCUT2D eigenvalue weighted by Gasteiger charge is 2.70. The zero-order chi connectivity index (χ0) is 27.3. The quantitative estimate of drug-likeness (QED) is 0.513. The van der Waals surface area contributed by atoms with Gasteiger partial charge in [0.05, 0.1) is 12.0 Å². The van der Waals surface area contributed by atoms with E-state index in [9.17, 15) is 24.3 Å². The second-order valence-electron chi connectivity index (χ2n) is 12.2. The molecule has 204 valence electrons. The summed E-state index contributed by atoms with van der Waals surface area (Å²) in [5.41, 5.74) is -1.80. The lowest BCUT2D eigenvalue weighted by molar-refractivity contribution is -0.204. The molecule has 0 bridgehead atoms. The Balaban J connectivity index is 1.72. The Morgan fingerprint density at radius 3 is 2.54 bits per heavy atom. The number of hydrogen-bond donors (Lipinski definition) is 1. The van der Waals surface area contributed by atoms with Crippen molar-refractivity contribution in [2.24, 2.45) is 40.4 Å². The average Bonchev–Trinajstić information content (AvgIpc) is 3.10. The van der Waals surface area contributed by atoms with Gasteiger partial charge in [0, 0.05) is 23.9 Å². The van der Waals surface area contributed by atoms with E-state index in [1.165, 1.54) is 7.11 Å². The van der Waals surface area contributed by atoms with Gasteiger partial charge in [0.25, 0.3) is 0 Å². The molecule has 1 N–H and O–H groups in total.